The number of thioether (sulfide) groups is 1. The van der Waals surface area contributed by atoms with Crippen LogP contribution in [0.2, 0.25) is 0 Å². The molecule has 1 fully saturated rings. The Balaban J connectivity index is 1.65. The van der Waals surface area contributed by atoms with Gasteiger partial charge >= 0.3 is 0 Å². The van der Waals surface area contributed by atoms with Crippen LogP contribution in [0.3, 0.4) is 0 Å². The number of sulfonamides is 1. The normalized spacial score (nSPS) is 14.6. The Labute approximate surface area is 176 Å². The Morgan fingerprint density at radius 2 is 1.86 bits per heavy atom. The SMILES string of the molecule is CSc1cccc(N(CC(=O)Nc2ccc(OC3CCCC3)cc2)S(C)(=O)=O)c1. The zero-order chi connectivity index (χ0) is 20.9. The molecule has 8 heteroatoms. The van der Waals surface area contributed by atoms with E-state index in [2.05, 4.69) is 5.32 Å². The third-order valence-corrected chi connectivity index (χ3v) is 6.64. The summed E-state index contributed by atoms with van der Waals surface area (Å²) < 4.78 is 31.5. The number of amides is 1. The summed E-state index contributed by atoms with van der Waals surface area (Å²) in [5.41, 5.74) is 1.06. The molecule has 1 aliphatic carbocycles. The van der Waals surface area contributed by atoms with E-state index in [4.69, 9.17) is 4.74 Å². The number of benzene rings is 2. The average molecular weight is 435 g/mol. The van der Waals surface area contributed by atoms with Crippen LogP contribution in [0.4, 0.5) is 11.4 Å². The van der Waals surface area contributed by atoms with Gasteiger partial charge in [0.25, 0.3) is 0 Å². The highest BCUT2D eigenvalue weighted by molar-refractivity contribution is 7.98. The second-order valence-electron chi connectivity index (χ2n) is 7.07. The molecule has 1 N–H and O–H groups in total. The van der Waals surface area contributed by atoms with E-state index in [1.54, 1.807) is 30.3 Å². The van der Waals surface area contributed by atoms with Gasteiger partial charge in [0.15, 0.2) is 0 Å². The number of ether oxygens (including phenoxy) is 1. The van der Waals surface area contributed by atoms with E-state index in [1.165, 1.54) is 24.6 Å². The number of nitrogens with one attached hydrogen (secondary N) is 1. The quantitative estimate of drug-likeness (QED) is 0.632. The van der Waals surface area contributed by atoms with Crippen molar-refractivity contribution in [2.24, 2.45) is 0 Å². The number of carbonyl (C=O) groups excluding carboxylic acids is 1. The van der Waals surface area contributed by atoms with E-state index >= 15 is 0 Å². The summed E-state index contributed by atoms with van der Waals surface area (Å²) in [6.45, 7) is -0.295. The van der Waals surface area contributed by atoms with Crippen molar-refractivity contribution in [2.45, 2.75) is 36.7 Å². The molecule has 0 atom stereocenters. The van der Waals surface area contributed by atoms with Crippen LogP contribution in [-0.4, -0.2) is 39.5 Å². The van der Waals surface area contributed by atoms with Gasteiger partial charge in [0.2, 0.25) is 15.9 Å². The van der Waals surface area contributed by atoms with Crippen molar-refractivity contribution in [1.82, 2.24) is 0 Å². The third-order valence-electron chi connectivity index (χ3n) is 4.77. The van der Waals surface area contributed by atoms with Gasteiger partial charge in [-0.3, -0.25) is 9.10 Å². The number of rotatable bonds is 8. The lowest BCUT2D eigenvalue weighted by Gasteiger charge is -2.22. The molecule has 0 heterocycles. The van der Waals surface area contributed by atoms with Crippen molar-refractivity contribution in [2.75, 3.05) is 28.7 Å². The summed E-state index contributed by atoms with van der Waals surface area (Å²) in [7, 11) is -3.61. The van der Waals surface area contributed by atoms with Crippen LogP contribution in [-0.2, 0) is 14.8 Å². The number of anilines is 2. The van der Waals surface area contributed by atoms with E-state index in [9.17, 15) is 13.2 Å². The molecule has 6 nitrogen and oxygen atoms in total. The molecule has 3 rings (SSSR count). The zero-order valence-corrected chi connectivity index (χ0v) is 18.3. The fourth-order valence-electron chi connectivity index (χ4n) is 3.31. The standard InChI is InChI=1S/C21H26N2O4S2/c1-28-20-9-5-6-17(14-20)23(29(2,25)26)15-21(24)22-16-10-12-19(13-11-16)27-18-7-3-4-8-18/h5-6,9-14,18H,3-4,7-8,15H2,1-2H3,(H,22,24). The van der Waals surface area contributed by atoms with Crippen molar-refractivity contribution in [3.8, 4) is 5.75 Å². The van der Waals surface area contributed by atoms with Gasteiger partial charge in [-0.1, -0.05) is 6.07 Å². The van der Waals surface area contributed by atoms with Crippen LogP contribution in [0.5, 0.6) is 5.75 Å². The van der Waals surface area contributed by atoms with E-state index in [-0.39, 0.29) is 12.6 Å². The van der Waals surface area contributed by atoms with Gasteiger partial charge in [-0.2, -0.15) is 0 Å². The van der Waals surface area contributed by atoms with Gasteiger partial charge < -0.3 is 10.1 Å². The Hall–Kier alpha value is -2.19. The first-order valence-corrected chi connectivity index (χ1v) is 12.6. The molecule has 1 amide bonds. The monoisotopic (exact) mass is 434 g/mol. The van der Waals surface area contributed by atoms with Gasteiger partial charge in [0.1, 0.15) is 12.3 Å². The fraction of sp³-hybridized carbons (Fsp3) is 0.381. The van der Waals surface area contributed by atoms with E-state index in [0.29, 0.717) is 11.4 Å². The van der Waals surface area contributed by atoms with Gasteiger partial charge in [-0.25, -0.2) is 8.42 Å². The zero-order valence-electron chi connectivity index (χ0n) is 16.6. The molecule has 0 radical (unpaired) electrons. The predicted molar refractivity (Wildman–Crippen MR) is 118 cm³/mol. The topological polar surface area (TPSA) is 75.7 Å². The van der Waals surface area contributed by atoms with Crippen LogP contribution in [0, 0.1) is 0 Å². The van der Waals surface area contributed by atoms with Crippen LogP contribution in [0.15, 0.2) is 53.4 Å². The maximum Gasteiger partial charge on any atom is 0.245 e. The van der Waals surface area contributed by atoms with E-state index < -0.39 is 15.9 Å². The van der Waals surface area contributed by atoms with Crippen molar-refractivity contribution in [1.29, 1.82) is 0 Å². The van der Waals surface area contributed by atoms with Crippen LogP contribution < -0.4 is 14.4 Å². The highest BCUT2D eigenvalue weighted by atomic mass is 32.2. The Morgan fingerprint density at radius 1 is 1.17 bits per heavy atom. The minimum Gasteiger partial charge on any atom is -0.490 e. The lowest BCUT2D eigenvalue weighted by molar-refractivity contribution is -0.114. The summed E-state index contributed by atoms with van der Waals surface area (Å²) in [5, 5.41) is 2.76. The maximum atomic E-state index is 12.5. The molecular weight excluding hydrogens is 408 g/mol. The average Bonchev–Trinajstić information content (AvgIpc) is 3.20. The largest absolute Gasteiger partial charge is 0.490 e. The molecule has 156 valence electrons. The molecule has 0 unspecified atom stereocenters. The molecule has 29 heavy (non-hydrogen) atoms. The van der Waals surface area contributed by atoms with Crippen LogP contribution >= 0.6 is 11.8 Å². The van der Waals surface area contributed by atoms with Gasteiger partial charge in [-0.15, -0.1) is 11.8 Å². The number of hydrogen-bond donors (Lipinski definition) is 1. The molecule has 0 spiro atoms. The first kappa shape index (κ1) is 21.5. The molecule has 0 aliphatic heterocycles. The lowest BCUT2D eigenvalue weighted by Crippen LogP contribution is -2.37. The number of carbonyl (C=O) groups is 1. The number of hydrogen-bond acceptors (Lipinski definition) is 5. The molecule has 1 aliphatic rings. The highest BCUT2D eigenvalue weighted by Gasteiger charge is 2.21. The predicted octanol–water partition coefficient (Wildman–Crippen LogP) is 4.13. The van der Waals surface area contributed by atoms with E-state index in [0.717, 1.165) is 34.0 Å². The fourth-order valence-corrected chi connectivity index (χ4v) is 4.61. The minimum atomic E-state index is -3.61. The minimum absolute atomic E-state index is 0.274. The van der Waals surface area contributed by atoms with Crippen LogP contribution in [0.1, 0.15) is 25.7 Å². The smallest absolute Gasteiger partial charge is 0.245 e. The maximum absolute atomic E-state index is 12.5. The molecule has 0 aromatic heterocycles. The third kappa shape index (κ3) is 6.14. The molecule has 2 aromatic carbocycles. The molecule has 0 bridgehead atoms. The van der Waals surface area contributed by atoms with Crippen molar-refractivity contribution in [3.63, 3.8) is 0 Å². The van der Waals surface area contributed by atoms with Gasteiger partial charge in [-0.05, 0) is 74.4 Å². The molecule has 1 saturated carbocycles. The molecule has 2 aromatic rings. The van der Waals surface area contributed by atoms with Crippen molar-refractivity contribution >= 4 is 39.1 Å². The molecular formula is C21H26N2O4S2. The Morgan fingerprint density at radius 3 is 2.48 bits per heavy atom. The number of nitrogens with zero attached hydrogens (tertiary/aromatic N) is 1. The summed E-state index contributed by atoms with van der Waals surface area (Å²) in [6.07, 6.45) is 7.86. The van der Waals surface area contributed by atoms with Gasteiger partial charge in [0, 0.05) is 10.6 Å². The Bertz CT molecular complexity index is 939. The first-order valence-electron chi connectivity index (χ1n) is 9.53. The second-order valence-corrected chi connectivity index (χ2v) is 9.85. The summed E-state index contributed by atoms with van der Waals surface area (Å²) in [6, 6.07) is 14.3. The van der Waals surface area contributed by atoms with Gasteiger partial charge in [0.05, 0.1) is 18.0 Å². The Kier molecular flexibility index (Phi) is 7.08. The van der Waals surface area contributed by atoms with Crippen molar-refractivity contribution in [3.05, 3.63) is 48.5 Å². The van der Waals surface area contributed by atoms with E-state index in [1.807, 2.05) is 24.5 Å². The lowest BCUT2D eigenvalue weighted by atomic mass is 10.2. The summed E-state index contributed by atoms with van der Waals surface area (Å²) in [4.78, 5) is 13.4. The second kappa shape index (κ2) is 9.54. The summed E-state index contributed by atoms with van der Waals surface area (Å²) in [5.74, 6) is 0.371. The van der Waals surface area contributed by atoms with Crippen LogP contribution in [0.25, 0.3) is 0 Å². The highest BCUT2D eigenvalue weighted by Crippen LogP contribution is 2.26. The molecule has 0 saturated heterocycles. The van der Waals surface area contributed by atoms with Crippen molar-refractivity contribution < 1.29 is 17.9 Å². The summed E-state index contributed by atoms with van der Waals surface area (Å²) >= 11 is 1.51. The first-order chi connectivity index (χ1) is 13.8.